The number of nitrogens with zero attached hydrogens (tertiary/aromatic N) is 3. The number of hydrogen-bond donors (Lipinski definition) is 0. The number of amides is 1. The summed E-state index contributed by atoms with van der Waals surface area (Å²) in [5.74, 6) is -0.427. The van der Waals surface area contributed by atoms with Gasteiger partial charge in [-0.3, -0.25) is 4.79 Å². The standard InChI is InChI=1S/C28H28FN3O3S/c1-21-6-8-22(9-7-21)20-36(34,35)27-18-32(26-5-3-2-4-25(26)27)19-28(33)31-16-14-30(15-17-31)24-12-10-23(29)11-13-24/h2-13,18H,14-17,19-20H2,1H3. The summed E-state index contributed by atoms with van der Waals surface area (Å²) < 4.78 is 41.7. The lowest BCUT2D eigenvalue weighted by molar-refractivity contribution is -0.132. The fraction of sp³-hybridized carbons (Fsp3) is 0.250. The molecule has 0 unspecified atom stereocenters. The third-order valence-electron chi connectivity index (χ3n) is 6.69. The number of para-hydroxylation sites is 1. The van der Waals surface area contributed by atoms with Crippen LogP contribution in [0, 0.1) is 12.7 Å². The highest BCUT2D eigenvalue weighted by molar-refractivity contribution is 7.90. The van der Waals surface area contributed by atoms with Crippen LogP contribution < -0.4 is 4.90 Å². The van der Waals surface area contributed by atoms with Crippen LogP contribution in [-0.2, 0) is 26.9 Å². The fourth-order valence-corrected chi connectivity index (χ4v) is 6.27. The Labute approximate surface area is 210 Å². The van der Waals surface area contributed by atoms with E-state index in [1.807, 2.05) is 49.4 Å². The van der Waals surface area contributed by atoms with Gasteiger partial charge in [0.25, 0.3) is 0 Å². The van der Waals surface area contributed by atoms with Crippen LogP contribution in [0.15, 0.2) is 83.9 Å². The van der Waals surface area contributed by atoms with Crippen LogP contribution in [0.2, 0.25) is 0 Å². The van der Waals surface area contributed by atoms with E-state index in [-0.39, 0.29) is 28.9 Å². The SMILES string of the molecule is Cc1ccc(CS(=O)(=O)c2cn(CC(=O)N3CCN(c4ccc(F)cc4)CC3)c3ccccc23)cc1. The molecule has 5 rings (SSSR count). The Bertz CT molecular complexity index is 1490. The van der Waals surface area contributed by atoms with Crippen LogP contribution >= 0.6 is 0 Å². The summed E-state index contributed by atoms with van der Waals surface area (Å²) >= 11 is 0. The van der Waals surface area contributed by atoms with E-state index in [1.54, 1.807) is 33.9 Å². The van der Waals surface area contributed by atoms with Crippen LogP contribution in [0.1, 0.15) is 11.1 Å². The summed E-state index contributed by atoms with van der Waals surface area (Å²) in [5, 5.41) is 0.624. The summed E-state index contributed by atoms with van der Waals surface area (Å²) in [4.78, 5) is 17.3. The summed E-state index contributed by atoms with van der Waals surface area (Å²) in [5.41, 5.74) is 3.46. The number of fused-ring (bicyclic) bond motifs is 1. The first-order chi connectivity index (χ1) is 17.3. The maximum absolute atomic E-state index is 13.4. The minimum atomic E-state index is -3.61. The molecule has 0 atom stereocenters. The van der Waals surface area contributed by atoms with Gasteiger partial charge in [-0.2, -0.15) is 0 Å². The van der Waals surface area contributed by atoms with Gasteiger partial charge in [-0.1, -0.05) is 48.0 Å². The Balaban J connectivity index is 1.32. The van der Waals surface area contributed by atoms with Gasteiger partial charge in [0, 0.05) is 49.0 Å². The molecule has 0 saturated carbocycles. The Kier molecular flexibility index (Phi) is 6.53. The van der Waals surface area contributed by atoms with Gasteiger partial charge in [0.15, 0.2) is 9.84 Å². The molecule has 186 valence electrons. The van der Waals surface area contributed by atoms with E-state index in [9.17, 15) is 17.6 Å². The average molecular weight is 506 g/mol. The van der Waals surface area contributed by atoms with Gasteiger partial charge in [0.1, 0.15) is 12.4 Å². The maximum atomic E-state index is 13.4. The van der Waals surface area contributed by atoms with Crippen molar-refractivity contribution in [2.75, 3.05) is 31.1 Å². The molecule has 1 amide bonds. The predicted molar refractivity (Wildman–Crippen MR) is 139 cm³/mol. The normalized spacial score (nSPS) is 14.4. The van der Waals surface area contributed by atoms with Gasteiger partial charge in [-0.15, -0.1) is 0 Å². The second-order valence-corrected chi connectivity index (χ2v) is 11.2. The van der Waals surface area contributed by atoms with Crippen molar-refractivity contribution in [2.45, 2.75) is 24.1 Å². The molecule has 0 radical (unpaired) electrons. The van der Waals surface area contributed by atoms with Gasteiger partial charge >= 0.3 is 0 Å². The molecule has 36 heavy (non-hydrogen) atoms. The maximum Gasteiger partial charge on any atom is 0.242 e. The van der Waals surface area contributed by atoms with Crippen molar-refractivity contribution in [2.24, 2.45) is 0 Å². The first kappa shape index (κ1) is 24.1. The minimum absolute atomic E-state index is 0.0583. The number of sulfone groups is 1. The molecule has 2 heterocycles. The van der Waals surface area contributed by atoms with Crippen molar-refractivity contribution in [3.8, 4) is 0 Å². The molecule has 4 aromatic rings. The Morgan fingerprint density at radius 2 is 1.56 bits per heavy atom. The molecule has 1 aliphatic heterocycles. The Morgan fingerprint density at radius 3 is 2.25 bits per heavy atom. The van der Waals surface area contributed by atoms with Gasteiger partial charge in [0.2, 0.25) is 5.91 Å². The monoisotopic (exact) mass is 505 g/mol. The lowest BCUT2D eigenvalue weighted by Crippen LogP contribution is -2.49. The quantitative estimate of drug-likeness (QED) is 0.390. The van der Waals surface area contributed by atoms with Crippen molar-refractivity contribution < 1.29 is 17.6 Å². The van der Waals surface area contributed by atoms with Gasteiger partial charge < -0.3 is 14.4 Å². The molecule has 3 aromatic carbocycles. The largest absolute Gasteiger partial charge is 0.368 e. The lowest BCUT2D eigenvalue weighted by atomic mass is 10.2. The number of aromatic nitrogens is 1. The van der Waals surface area contributed by atoms with Gasteiger partial charge in [0.05, 0.1) is 10.6 Å². The molecular formula is C28H28FN3O3S. The highest BCUT2D eigenvalue weighted by atomic mass is 32.2. The van der Waals surface area contributed by atoms with Crippen LogP contribution in [0.3, 0.4) is 0 Å². The van der Waals surface area contributed by atoms with E-state index in [4.69, 9.17) is 0 Å². The number of carbonyl (C=O) groups is 1. The zero-order valence-electron chi connectivity index (χ0n) is 20.1. The number of halogens is 1. The van der Waals surface area contributed by atoms with Crippen molar-refractivity contribution in [3.05, 3.63) is 95.9 Å². The van der Waals surface area contributed by atoms with Crippen LogP contribution in [0.25, 0.3) is 10.9 Å². The van der Waals surface area contributed by atoms with E-state index in [1.165, 1.54) is 12.1 Å². The smallest absolute Gasteiger partial charge is 0.242 e. The molecule has 1 fully saturated rings. The van der Waals surface area contributed by atoms with Crippen molar-refractivity contribution in [1.29, 1.82) is 0 Å². The molecule has 1 aromatic heterocycles. The van der Waals surface area contributed by atoms with Crippen LogP contribution in [0.4, 0.5) is 10.1 Å². The van der Waals surface area contributed by atoms with E-state index in [0.717, 1.165) is 22.3 Å². The number of benzene rings is 3. The van der Waals surface area contributed by atoms with E-state index < -0.39 is 9.84 Å². The second-order valence-electron chi connectivity index (χ2n) is 9.23. The highest BCUT2D eigenvalue weighted by Gasteiger charge is 2.25. The van der Waals surface area contributed by atoms with Crippen LogP contribution in [0.5, 0.6) is 0 Å². The minimum Gasteiger partial charge on any atom is -0.368 e. The number of hydrogen-bond acceptors (Lipinski definition) is 4. The molecule has 6 nitrogen and oxygen atoms in total. The Hall–Kier alpha value is -3.65. The molecule has 1 saturated heterocycles. The average Bonchev–Trinajstić information content (AvgIpc) is 3.25. The fourth-order valence-electron chi connectivity index (χ4n) is 4.68. The summed E-state index contributed by atoms with van der Waals surface area (Å²) in [6, 6.07) is 21.2. The molecule has 0 N–H and O–H groups in total. The molecule has 1 aliphatic rings. The van der Waals surface area contributed by atoms with E-state index in [0.29, 0.717) is 31.6 Å². The molecule has 0 spiro atoms. The number of piperazine rings is 1. The topological polar surface area (TPSA) is 62.6 Å². The molecule has 8 heteroatoms. The first-order valence-corrected chi connectivity index (χ1v) is 13.6. The number of rotatable bonds is 6. The Morgan fingerprint density at radius 1 is 0.889 bits per heavy atom. The summed E-state index contributed by atoms with van der Waals surface area (Å²) in [6.07, 6.45) is 1.60. The van der Waals surface area contributed by atoms with Crippen molar-refractivity contribution in [3.63, 3.8) is 0 Å². The predicted octanol–water partition coefficient (Wildman–Crippen LogP) is 4.41. The summed E-state index contributed by atoms with van der Waals surface area (Å²) in [7, 11) is -3.61. The third-order valence-corrected chi connectivity index (χ3v) is 8.40. The van der Waals surface area contributed by atoms with Gasteiger partial charge in [-0.05, 0) is 42.8 Å². The second kappa shape index (κ2) is 9.78. The van der Waals surface area contributed by atoms with E-state index >= 15 is 0 Å². The van der Waals surface area contributed by atoms with Crippen molar-refractivity contribution in [1.82, 2.24) is 9.47 Å². The summed E-state index contributed by atoms with van der Waals surface area (Å²) in [6.45, 7) is 4.44. The molecular weight excluding hydrogens is 477 g/mol. The van der Waals surface area contributed by atoms with Crippen molar-refractivity contribution >= 4 is 32.3 Å². The lowest BCUT2D eigenvalue weighted by Gasteiger charge is -2.36. The zero-order chi connectivity index (χ0) is 25.3. The number of anilines is 1. The van der Waals surface area contributed by atoms with Gasteiger partial charge in [-0.25, -0.2) is 12.8 Å². The molecule has 0 bridgehead atoms. The van der Waals surface area contributed by atoms with Crippen LogP contribution in [-0.4, -0.2) is 50.0 Å². The first-order valence-electron chi connectivity index (χ1n) is 11.9. The zero-order valence-corrected chi connectivity index (χ0v) is 20.9. The number of aryl methyl sites for hydroxylation is 1. The number of carbonyl (C=O) groups excluding carboxylic acids is 1. The highest BCUT2D eigenvalue weighted by Crippen LogP contribution is 2.28. The van der Waals surface area contributed by atoms with E-state index in [2.05, 4.69) is 4.90 Å². The molecule has 0 aliphatic carbocycles. The third kappa shape index (κ3) is 4.99.